The van der Waals surface area contributed by atoms with E-state index in [4.69, 9.17) is 16.3 Å². The number of fused-ring (bicyclic) bond motifs is 1. The first-order valence-corrected chi connectivity index (χ1v) is 9.25. The van der Waals surface area contributed by atoms with Crippen molar-refractivity contribution in [1.29, 1.82) is 0 Å². The van der Waals surface area contributed by atoms with Crippen LogP contribution in [0.4, 0.5) is 0 Å². The van der Waals surface area contributed by atoms with Gasteiger partial charge in [0.25, 0.3) is 0 Å². The minimum atomic E-state index is -0.906. The minimum absolute atomic E-state index is 0.124. The molecule has 0 bridgehead atoms. The van der Waals surface area contributed by atoms with Gasteiger partial charge in [-0.2, -0.15) is 0 Å². The average Bonchev–Trinajstić information content (AvgIpc) is 2.86. The number of nitrogens with zero attached hydrogens (tertiary/aromatic N) is 1. The van der Waals surface area contributed by atoms with Crippen LogP contribution in [0.5, 0.6) is 5.75 Å². The molecule has 0 N–H and O–H groups in total. The number of benzene rings is 1. The second kappa shape index (κ2) is 7.62. The van der Waals surface area contributed by atoms with Gasteiger partial charge in [-0.15, -0.1) is 0 Å². The average molecular weight is 376 g/mol. The fourth-order valence-electron chi connectivity index (χ4n) is 3.57. The van der Waals surface area contributed by atoms with Crippen LogP contribution in [-0.2, 0) is 14.4 Å². The van der Waals surface area contributed by atoms with E-state index in [2.05, 4.69) is 0 Å². The molecule has 3 unspecified atom stereocenters. The molecule has 3 rings (SSSR count). The van der Waals surface area contributed by atoms with Gasteiger partial charge in [-0.1, -0.05) is 37.6 Å². The van der Waals surface area contributed by atoms with Crippen molar-refractivity contribution in [2.45, 2.75) is 39.2 Å². The van der Waals surface area contributed by atoms with E-state index in [-0.39, 0.29) is 29.6 Å². The van der Waals surface area contributed by atoms with E-state index >= 15 is 0 Å². The molecular formula is C20H22ClNO4. The van der Waals surface area contributed by atoms with Gasteiger partial charge in [-0.25, -0.2) is 4.79 Å². The summed E-state index contributed by atoms with van der Waals surface area (Å²) in [5.74, 6) is -1.36. The molecule has 0 saturated carbocycles. The zero-order valence-corrected chi connectivity index (χ0v) is 15.6. The van der Waals surface area contributed by atoms with Crippen LogP contribution in [0.3, 0.4) is 0 Å². The number of halogens is 1. The summed E-state index contributed by atoms with van der Waals surface area (Å²) in [5, 5.41) is 0.532. The number of likely N-dealkylation sites (tertiary alicyclic amines) is 1. The molecule has 0 radical (unpaired) electrons. The van der Waals surface area contributed by atoms with Crippen LogP contribution >= 0.6 is 11.6 Å². The molecule has 1 heterocycles. The van der Waals surface area contributed by atoms with E-state index < -0.39 is 12.0 Å². The number of imide groups is 1. The van der Waals surface area contributed by atoms with Gasteiger partial charge >= 0.3 is 5.97 Å². The summed E-state index contributed by atoms with van der Waals surface area (Å²) in [6.07, 6.45) is 5.33. The smallest absolute Gasteiger partial charge is 0.334 e. The van der Waals surface area contributed by atoms with Crippen LogP contribution in [0.1, 0.15) is 33.1 Å². The third kappa shape index (κ3) is 3.68. The number of ether oxygens (including phenoxy) is 1. The van der Waals surface area contributed by atoms with Crippen molar-refractivity contribution in [2.75, 3.05) is 0 Å². The van der Waals surface area contributed by atoms with Gasteiger partial charge in [-0.3, -0.25) is 14.5 Å². The second-order valence-electron chi connectivity index (χ2n) is 7.22. The molecule has 26 heavy (non-hydrogen) atoms. The van der Waals surface area contributed by atoms with E-state index in [0.29, 0.717) is 30.0 Å². The third-order valence-electron chi connectivity index (χ3n) is 4.85. The van der Waals surface area contributed by atoms with E-state index in [1.165, 1.54) is 0 Å². The highest BCUT2D eigenvalue weighted by Crippen LogP contribution is 2.37. The Hall–Kier alpha value is -2.14. The van der Waals surface area contributed by atoms with Gasteiger partial charge in [0.1, 0.15) is 11.8 Å². The van der Waals surface area contributed by atoms with E-state index in [1.807, 2.05) is 26.0 Å². The largest absolute Gasteiger partial charge is 0.425 e. The normalized spacial score (nSPS) is 23.3. The van der Waals surface area contributed by atoms with E-state index in [9.17, 15) is 14.4 Å². The number of carbonyl (C=O) groups is 3. The summed E-state index contributed by atoms with van der Waals surface area (Å²) < 4.78 is 5.44. The predicted molar refractivity (Wildman–Crippen MR) is 97.5 cm³/mol. The number of hydrogen-bond donors (Lipinski definition) is 0. The molecule has 1 aliphatic heterocycles. The molecule has 6 heteroatoms. The molecule has 2 aliphatic rings. The highest BCUT2D eigenvalue weighted by atomic mass is 35.5. The molecule has 2 amide bonds. The van der Waals surface area contributed by atoms with Crippen LogP contribution in [0.25, 0.3) is 0 Å². The van der Waals surface area contributed by atoms with Crippen molar-refractivity contribution < 1.29 is 19.1 Å². The number of amides is 2. The number of rotatable bonds is 5. The van der Waals surface area contributed by atoms with Crippen LogP contribution in [0.2, 0.25) is 5.02 Å². The molecule has 3 atom stereocenters. The second-order valence-corrected chi connectivity index (χ2v) is 7.66. The number of carbonyl (C=O) groups excluding carboxylic acids is 3. The fraction of sp³-hybridized carbons (Fsp3) is 0.450. The zero-order valence-electron chi connectivity index (χ0n) is 14.9. The van der Waals surface area contributed by atoms with Crippen molar-refractivity contribution >= 4 is 29.4 Å². The minimum Gasteiger partial charge on any atom is -0.425 e. The van der Waals surface area contributed by atoms with Gasteiger partial charge in [0.15, 0.2) is 0 Å². The van der Waals surface area contributed by atoms with Crippen LogP contribution < -0.4 is 4.74 Å². The lowest BCUT2D eigenvalue weighted by Crippen LogP contribution is -2.48. The first-order chi connectivity index (χ1) is 12.4. The quantitative estimate of drug-likeness (QED) is 0.341. The number of esters is 1. The van der Waals surface area contributed by atoms with Crippen LogP contribution in [0, 0.1) is 17.8 Å². The van der Waals surface area contributed by atoms with Gasteiger partial charge in [-0.05, 0) is 49.4 Å². The Bertz CT molecular complexity index is 715. The fourth-order valence-corrected chi connectivity index (χ4v) is 3.70. The maximum absolute atomic E-state index is 12.8. The summed E-state index contributed by atoms with van der Waals surface area (Å²) in [5.41, 5.74) is 0. The summed E-state index contributed by atoms with van der Waals surface area (Å²) in [7, 11) is 0. The van der Waals surface area contributed by atoms with Crippen LogP contribution in [-0.4, -0.2) is 28.7 Å². The summed E-state index contributed by atoms with van der Waals surface area (Å²) >= 11 is 5.85. The Morgan fingerprint density at radius 3 is 2.15 bits per heavy atom. The van der Waals surface area contributed by atoms with Gasteiger partial charge < -0.3 is 4.74 Å². The monoisotopic (exact) mass is 375 g/mol. The summed E-state index contributed by atoms with van der Waals surface area (Å²) in [6, 6.07) is 5.51. The van der Waals surface area contributed by atoms with Gasteiger partial charge in [0.05, 0.1) is 11.8 Å². The first-order valence-electron chi connectivity index (χ1n) is 8.87. The van der Waals surface area contributed by atoms with E-state index in [1.54, 1.807) is 24.3 Å². The molecule has 0 aromatic heterocycles. The zero-order chi connectivity index (χ0) is 18.8. The highest BCUT2D eigenvalue weighted by Gasteiger charge is 2.51. The Morgan fingerprint density at radius 1 is 1.12 bits per heavy atom. The standard InChI is InChI=1S/C20H22ClNO4/c1-12(2)11-17(20(25)26-14-9-7-13(21)8-10-14)22-18(23)15-5-3-4-6-16(15)19(22)24/h3-4,7-10,12,15-17H,5-6,11H2,1-2H3. The van der Waals surface area contributed by atoms with Crippen molar-refractivity contribution in [3.05, 3.63) is 41.4 Å². The molecule has 5 nitrogen and oxygen atoms in total. The van der Waals surface area contributed by atoms with Crippen LogP contribution in [0.15, 0.2) is 36.4 Å². The Morgan fingerprint density at radius 2 is 1.65 bits per heavy atom. The Balaban J connectivity index is 1.83. The SMILES string of the molecule is CC(C)CC(C(=O)Oc1ccc(Cl)cc1)N1C(=O)C2CC=CCC2C1=O. The maximum Gasteiger partial charge on any atom is 0.334 e. The molecule has 0 spiro atoms. The number of hydrogen-bond acceptors (Lipinski definition) is 4. The molecule has 1 fully saturated rings. The van der Waals surface area contributed by atoms with Crippen molar-refractivity contribution in [3.63, 3.8) is 0 Å². The Labute approximate surface area is 158 Å². The number of allylic oxidation sites excluding steroid dienone is 2. The lowest BCUT2D eigenvalue weighted by atomic mass is 9.85. The first kappa shape index (κ1) is 18.6. The third-order valence-corrected chi connectivity index (χ3v) is 5.10. The molecule has 1 aromatic carbocycles. The maximum atomic E-state index is 12.8. The molecular weight excluding hydrogens is 354 g/mol. The summed E-state index contributed by atoms with van der Waals surface area (Å²) in [4.78, 5) is 39.6. The molecule has 1 saturated heterocycles. The van der Waals surface area contributed by atoms with Crippen molar-refractivity contribution in [2.24, 2.45) is 17.8 Å². The van der Waals surface area contributed by atoms with E-state index in [0.717, 1.165) is 4.90 Å². The van der Waals surface area contributed by atoms with Crippen molar-refractivity contribution in [1.82, 2.24) is 4.90 Å². The topological polar surface area (TPSA) is 63.7 Å². The van der Waals surface area contributed by atoms with Gasteiger partial charge in [0, 0.05) is 5.02 Å². The highest BCUT2D eigenvalue weighted by molar-refractivity contribution is 6.30. The lowest BCUT2D eigenvalue weighted by Gasteiger charge is -2.26. The molecule has 1 aliphatic carbocycles. The predicted octanol–water partition coefficient (Wildman–Crippen LogP) is 3.61. The molecule has 138 valence electrons. The van der Waals surface area contributed by atoms with Gasteiger partial charge in [0.2, 0.25) is 11.8 Å². The van der Waals surface area contributed by atoms with Crippen molar-refractivity contribution in [3.8, 4) is 5.75 Å². The Kier molecular flexibility index (Phi) is 5.47. The summed E-state index contributed by atoms with van der Waals surface area (Å²) in [6.45, 7) is 3.89. The molecule has 1 aromatic rings. The lowest BCUT2D eigenvalue weighted by molar-refractivity contribution is -0.154.